The van der Waals surface area contributed by atoms with Crippen LogP contribution in [-0.4, -0.2) is 26.4 Å². The van der Waals surface area contributed by atoms with Crippen molar-refractivity contribution < 1.29 is 14.3 Å². The highest BCUT2D eigenvalue weighted by Crippen LogP contribution is 2.29. The van der Waals surface area contributed by atoms with Crippen LogP contribution in [0.25, 0.3) is 5.69 Å². The summed E-state index contributed by atoms with van der Waals surface area (Å²) in [6.45, 7) is 3.86. The highest BCUT2D eigenvalue weighted by Gasteiger charge is 2.16. The summed E-state index contributed by atoms with van der Waals surface area (Å²) >= 11 is 4.29. The number of thioether (sulfide) groups is 1. The Morgan fingerprint density at radius 1 is 1.52 bits per heavy atom. The monoisotopic (exact) mass is 372 g/mol. The lowest BCUT2D eigenvalue weighted by molar-refractivity contribution is -0.133. The molecule has 4 nitrogen and oxygen atoms in total. The molecule has 0 unspecified atom stereocenters. The van der Waals surface area contributed by atoms with Crippen LogP contribution in [0.2, 0.25) is 0 Å². The molecule has 1 aromatic carbocycles. The van der Waals surface area contributed by atoms with Crippen molar-refractivity contribution >= 4 is 33.7 Å². The number of nitrogens with zero attached hydrogens (tertiary/aromatic N) is 2. The Kier molecular flexibility index (Phi) is 5.05. The quantitative estimate of drug-likeness (QED) is 0.810. The van der Waals surface area contributed by atoms with Crippen LogP contribution >= 0.6 is 27.7 Å². The fourth-order valence-corrected chi connectivity index (χ4v) is 3.16. The van der Waals surface area contributed by atoms with Crippen molar-refractivity contribution in [3.63, 3.8) is 0 Å². The Hall–Kier alpha value is -1.34. The number of carbonyl (C=O) groups is 1. The number of benzene rings is 1. The summed E-state index contributed by atoms with van der Waals surface area (Å²) in [5.74, 6) is -1.36. The Balaban J connectivity index is 2.53. The molecular formula is C14H14BrFN2O2S. The molecule has 0 spiro atoms. The topological polar surface area (TPSA) is 55.1 Å². The van der Waals surface area contributed by atoms with Crippen LogP contribution in [0.4, 0.5) is 4.39 Å². The molecule has 1 heterocycles. The molecule has 0 aliphatic carbocycles. The van der Waals surface area contributed by atoms with Gasteiger partial charge in [0.1, 0.15) is 5.82 Å². The fraction of sp³-hybridized carbons (Fsp3) is 0.286. The van der Waals surface area contributed by atoms with E-state index in [1.807, 2.05) is 18.4 Å². The van der Waals surface area contributed by atoms with Crippen LogP contribution in [0.15, 0.2) is 28.0 Å². The zero-order valence-corrected chi connectivity index (χ0v) is 14.0. The minimum atomic E-state index is -0.911. The molecule has 21 heavy (non-hydrogen) atoms. The van der Waals surface area contributed by atoms with E-state index in [0.717, 1.165) is 29.4 Å². The van der Waals surface area contributed by atoms with Crippen molar-refractivity contribution in [2.45, 2.75) is 25.4 Å². The van der Waals surface area contributed by atoms with E-state index in [-0.39, 0.29) is 11.6 Å². The van der Waals surface area contributed by atoms with Crippen LogP contribution in [0.5, 0.6) is 0 Å². The highest BCUT2D eigenvalue weighted by atomic mass is 79.9. The first kappa shape index (κ1) is 16.0. The Labute approximate surface area is 134 Å². The van der Waals surface area contributed by atoms with Gasteiger partial charge in [-0.05, 0) is 47.0 Å². The zero-order valence-electron chi connectivity index (χ0n) is 11.6. The van der Waals surface area contributed by atoms with Crippen molar-refractivity contribution in [1.82, 2.24) is 9.55 Å². The second-order valence-electron chi connectivity index (χ2n) is 4.46. The Morgan fingerprint density at radius 3 is 2.86 bits per heavy atom. The molecule has 1 aromatic heterocycles. The number of hydrogen-bond acceptors (Lipinski definition) is 3. The smallest absolute Gasteiger partial charge is 0.313 e. The number of rotatable bonds is 5. The maximum absolute atomic E-state index is 13.9. The van der Waals surface area contributed by atoms with Gasteiger partial charge in [-0.3, -0.25) is 9.36 Å². The molecule has 0 radical (unpaired) electrons. The molecule has 1 N–H and O–H groups in total. The van der Waals surface area contributed by atoms with Gasteiger partial charge >= 0.3 is 5.97 Å². The molecule has 0 aliphatic rings. The predicted octanol–water partition coefficient (Wildman–Crippen LogP) is 3.82. The van der Waals surface area contributed by atoms with E-state index in [0.29, 0.717) is 15.3 Å². The Morgan fingerprint density at radius 2 is 2.24 bits per heavy atom. The molecule has 0 amide bonds. The van der Waals surface area contributed by atoms with E-state index in [9.17, 15) is 9.18 Å². The van der Waals surface area contributed by atoms with Gasteiger partial charge in [-0.25, -0.2) is 9.37 Å². The van der Waals surface area contributed by atoms with Gasteiger partial charge in [0.05, 0.1) is 15.9 Å². The van der Waals surface area contributed by atoms with Gasteiger partial charge in [0.25, 0.3) is 0 Å². The third kappa shape index (κ3) is 3.47. The average molecular weight is 373 g/mol. The van der Waals surface area contributed by atoms with E-state index < -0.39 is 5.97 Å². The first-order valence-corrected chi connectivity index (χ1v) is 8.09. The lowest BCUT2D eigenvalue weighted by Gasteiger charge is -2.14. The number of halogens is 2. The number of hydrogen-bond donors (Lipinski definition) is 1. The van der Waals surface area contributed by atoms with E-state index in [1.54, 1.807) is 12.3 Å². The summed E-state index contributed by atoms with van der Waals surface area (Å²) < 4.78 is 16.1. The van der Waals surface area contributed by atoms with Crippen LogP contribution in [0.3, 0.4) is 0 Å². The zero-order chi connectivity index (χ0) is 15.6. The van der Waals surface area contributed by atoms with Gasteiger partial charge in [0, 0.05) is 11.9 Å². The summed E-state index contributed by atoms with van der Waals surface area (Å²) in [5, 5.41) is 9.37. The van der Waals surface area contributed by atoms with Crippen molar-refractivity contribution in [2.75, 3.05) is 5.75 Å². The molecule has 0 bridgehead atoms. The number of aliphatic carboxylic acids is 1. The normalized spacial score (nSPS) is 10.9. The molecule has 0 saturated carbocycles. The first-order valence-electron chi connectivity index (χ1n) is 6.31. The third-order valence-electron chi connectivity index (χ3n) is 2.97. The third-order valence-corrected chi connectivity index (χ3v) is 4.51. The van der Waals surface area contributed by atoms with Crippen LogP contribution in [-0.2, 0) is 11.2 Å². The summed E-state index contributed by atoms with van der Waals surface area (Å²) in [4.78, 5) is 15.0. The molecule has 7 heteroatoms. The molecule has 112 valence electrons. The molecule has 2 rings (SSSR count). The highest BCUT2D eigenvalue weighted by molar-refractivity contribution is 9.10. The fourth-order valence-electron chi connectivity index (χ4n) is 1.98. The predicted molar refractivity (Wildman–Crippen MR) is 83.7 cm³/mol. The molecular weight excluding hydrogens is 359 g/mol. The first-order chi connectivity index (χ1) is 9.93. The van der Waals surface area contributed by atoms with Gasteiger partial charge in [-0.1, -0.05) is 18.7 Å². The number of aryl methyl sites for hydroxylation is 2. The molecule has 2 aromatic rings. The van der Waals surface area contributed by atoms with Crippen molar-refractivity contribution in [3.05, 3.63) is 39.9 Å². The number of carboxylic acid groups (broad SMARTS) is 1. The molecule has 0 fully saturated rings. The number of aromatic nitrogens is 2. The van der Waals surface area contributed by atoms with Gasteiger partial charge < -0.3 is 5.11 Å². The SMILES string of the molecule is CCc1cnc(SCC(=O)O)n1-c1cc(F)c(Br)cc1C. The van der Waals surface area contributed by atoms with Gasteiger partial charge in [-0.2, -0.15) is 0 Å². The van der Waals surface area contributed by atoms with Crippen molar-refractivity contribution in [1.29, 1.82) is 0 Å². The lowest BCUT2D eigenvalue weighted by atomic mass is 10.2. The van der Waals surface area contributed by atoms with Crippen molar-refractivity contribution in [2.24, 2.45) is 0 Å². The largest absolute Gasteiger partial charge is 0.481 e. The summed E-state index contributed by atoms with van der Waals surface area (Å²) in [6, 6.07) is 3.14. The van der Waals surface area contributed by atoms with E-state index >= 15 is 0 Å². The molecule has 0 aliphatic heterocycles. The van der Waals surface area contributed by atoms with Gasteiger partial charge in [-0.15, -0.1) is 0 Å². The van der Waals surface area contributed by atoms with Crippen LogP contribution in [0, 0.1) is 12.7 Å². The standard InChI is InChI=1S/C14H14BrFN2O2S/c1-3-9-6-17-14(21-7-13(19)20)18(9)12-5-11(16)10(15)4-8(12)2/h4-6H,3,7H2,1-2H3,(H,19,20). The summed E-state index contributed by atoms with van der Waals surface area (Å²) in [6.07, 6.45) is 2.42. The molecule has 0 saturated heterocycles. The Bertz CT molecular complexity index is 688. The average Bonchev–Trinajstić information content (AvgIpc) is 2.83. The number of imidazole rings is 1. The maximum atomic E-state index is 13.9. The summed E-state index contributed by atoms with van der Waals surface area (Å²) in [5.41, 5.74) is 2.47. The van der Waals surface area contributed by atoms with Gasteiger partial charge in [0.15, 0.2) is 5.16 Å². The van der Waals surface area contributed by atoms with Crippen LogP contribution in [0.1, 0.15) is 18.2 Å². The molecule has 0 atom stereocenters. The summed E-state index contributed by atoms with van der Waals surface area (Å²) in [7, 11) is 0. The minimum Gasteiger partial charge on any atom is -0.481 e. The second-order valence-corrected chi connectivity index (χ2v) is 6.25. The van der Waals surface area contributed by atoms with Crippen molar-refractivity contribution in [3.8, 4) is 5.69 Å². The van der Waals surface area contributed by atoms with Crippen LogP contribution < -0.4 is 0 Å². The number of carboxylic acids is 1. The minimum absolute atomic E-state index is 0.0851. The van der Waals surface area contributed by atoms with E-state index in [1.165, 1.54) is 6.07 Å². The second kappa shape index (κ2) is 6.62. The van der Waals surface area contributed by atoms with E-state index in [2.05, 4.69) is 20.9 Å². The maximum Gasteiger partial charge on any atom is 0.313 e. The van der Waals surface area contributed by atoms with Gasteiger partial charge in [0.2, 0.25) is 0 Å². The van der Waals surface area contributed by atoms with E-state index in [4.69, 9.17) is 5.11 Å². The lowest BCUT2D eigenvalue weighted by Crippen LogP contribution is -2.06.